The predicted molar refractivity (Wildman–Crippen MR) is 117 cm³/mol. The molecule has 0 aromatic heterocycles. The highest BCUT2D eigenvalue weighted by Gasteiger charge is 2.37. The maximum absolute atomic E-state index is 13.3. The molecule has 4 rings (SSSR count). The second-order valence-corrected chi connectivity index (χ2v) is 7.58. The first kappa shape index (κ1) is 21.7. The van der Waals surface area contributed by atoms with Crippen LogP contribution in [0.5, 0.6) is 0 Å². The molecule has 0 saturated carbocycles. The number of hydrogen-bond acceptors (Lipinski definition) is 4. The number of halogens is 1. The van der Waals surface area contributed by atoms with Crippen molar-refractivity contribution >= 4 is 17.5 Å². The Morgan fingerprint density at radius 2 is 1.81 bits per heavy atom. The Morgan fingerprint density at radius 1 is 1.06 bits per heavy atom. The number of aliphatic hydroxyl groups excluding tert-OH is 1. The zero-order chi connectivity index (χ0) is 22.5. The Hall–Kier alpha value is -3.55. The third kappa shape index (κ3) is 4.85. The van der Waals surface area contributed by atoms with E-state index in [-0.39, 0.29) is 24.7 Å². The van der Waals surface area contributed by atoms with E-state index in [1.165, 1.54) is 24.3 Å². The lowest BCUT2D eigenvalue weighted by molar-refractivity contribution is -0.162. The van der Waals surface area contributed by atoms with Crippen molar-refractivity contribution in [2.75, 3.05) is 18.5 Å². The molecule has 1 aliphatic rings. The Labute approximate surface area is 185 Å². The normalized spacial score (nSPS) is 18.4. The standard InChI is InChI=1S/C25H23FN2O4/c26-20-8-4-7-19(13-20)25(31)27-21-11-9-18(10-12-21)24-22(15-29)28(23(30)16-32-24)14-17-5-2-1-3-6-17/h1-13,22,24,29H,14-16H2,(H,27,31). The Bertz CT molecular complexity index is 1090. The Balaban J connectivity index is 1.48. The van der Waals surface area contributed by atoms with Gasteiger partial charge in [-0.25, -0.2) is 4.39 Å². The van der Waals surface area contributed by atoms with Gasteiger partial charge in [-0.15, -0.1) is 0 Å². The molecular formula is C25H23FN2O4. The molecule has 0 radical (unpaired) electrons. The number of carbonyl (C=O) groups is 2. The summed E-state index contributed by atoms with van der Waals surface area (Å²) in [5.74, 6) is -1.07. The molecule has 1 heterocycles. The number of benzene rings is 3. The summed E-state index contributed by atoms with van der Waals surface area (Å²) in [6.07, 6.45) is -0.505. The fourth-order valence-electron chi connectivity index (χ4n) is 3.79. The van der Waals surface area contributed by atoms with E-state index in [1.807, 2.05) is 30.3 Å². The first-order valence-corrected chi connectivity index (χ1v) is 10.3. The van der Waals surface area contributed by atoms with E-state index in [0.717, 1.165) is 11.1 Å². The van der Waals surface area contributed by atoms with Gasteiger partial charge in [-0.2, -0.15) is 0 Å². The first-order chi connectivity index (χ1) is 15.5. The molecule has 1 saturated heterocycles. The van der Waals surface area contributed by atoms with Crippen LogP contribution in [0.1, 0.15) is 27.6 Å². The number of hydrogen-bond donors (Lipinski definition) is 2. The minimum atomic E-state index is -0.538. The van der Waals surface area contributed by atoms with Gasteiger partial charge in [0.2, 0.25) is 5.91 Å². The van der Waals surface area contributed by atoms with Gasteiger partial charge in [-0.1, -0.05) is 48.5 Å². The third-order valence-electron chi connectivity index (χ3n) is 5.42. The van der Waals surface area contributed by atoms with Crippen LogP contribution in [-0.2, 0) is 16.1 Å². The van der Waals surface area contributed by atoms with E-state index >= 15 is 0 Å². The highest BCUT2D eigenvalue weighted by Crippen LogP contribution is 2.31. The van der Waals surface area contributed by atoms with Gasteiger partial charge in [0.1, 0.15) is 18.5 Å². The molecule has 3 aromatic rings. The SMILES string of the molecule is O=C(Nc1ccc(C2OCC(=O)N(Cc3ccccc3)C2CO)cc1)c1cccc(F)c1. The summed E-state index contributed by atoms with van der Waals surface area (Å²) in [5.41, 5.74) is 2.51. The van der Waals surface area contributed by atoms with Crippen LogP contribution in [0.25, 0.3) is 0 Å². The molecule has 2 atom stereocenters. The summed E-state index contributed by atoms with van der Waals surface area (Å²) in [5, 5.41) is 12.8. The molecule has 0 aliphatic carbocycles. The maximum atomic E-state index is 13.3. The van der Waals surface area contributed by atoms with Crippen LogP contribution >= 0.6 is 0 Å². The Kier molecular flexibility index (Phi) is 6.58. The van der Waals surface area contributed by atoms with Gasteiger partial charge in [0.05, 0.1) is 12.6 Å². The number of morpholine rings is 1. The monoisotopic (exact) mass is 434 g/mol. The largest absolute Gasteiger partial charge is 0.394 e. The number of rotatable bonds is 6. The van der Waals surface area contributed by atoms with Gasteiger partial charge in [-0.05, 0) is 41.5 Å². The number of nitrogens with zero attached hydrogens (tertiary/aromatic N) is 1. The summed E-state index contributed by atoms with van der Waals surface area (Å²) in [6.45, 7) is 0.0555. The molecule has 7 heteroatoms. The summed E-state index contributed by atoms with van der Waals surface area (Å²) in [4.78, 5) is 26.5. The molecule has 6 nitrogen and oxygen atoms in total. The van der Waals surface area contributed by atoms with E-state index < -0.39 is 23.9 Å². The Morgan fingerprint density at radius 3 is 2.50 bits per heavy atom. The summed E-state index contributed by atoms with van der Waals surface area (Å²) >= 11 is 0. The second kappa shape index (κ2) is 9.72. The lowest BCUT2D eigenvalue weighted by Crippen LogP contribution is -2.52. The highest BCUT2D eigenvalue weighted by atomic mass is 19.1. The van der Waals surface area contributed by atoms with Gasteiger partial charge in [-0.3, -0.25) is 9.59 Å². The van der Waals surface area contributed by atoms with Crippen molar-refractivity contribution < 1.29 is 23.8 Å². The predicted octanol–water partition coefficient (Wildman–Crippen LogP) is 3.54. The molecule has 0 spiro atoms. The van der Waals surface area contributed by atoms with Crippen LogP contribution in [0.2, 0.25) is 0 Å². The topological polar surface area (TPSA) is 78.9 Å². The molecule has 2 N–H and O–H groups in total. The van der Waals surface area contributed by atoms with Crippen LogP contribution in [0.4, 0.5) is 10.1 Å². The van der Waals surface area contributed by atoms with Gasteiger partial charge in [0, 0.05) is 17.8 Å². The number of aliphatic hydroxyl groups is 1. The average molecular weight is 434 g/mol. The smallest absolute Gasteiger partial charge is 0.255 e. The molecule has 3 aromatic carbocycles. The minimum absolute atomic E-state index is 0.0773. The maximum Gasteiger partial charge on any atom is 0.255 e. The fraction of sp³-hybridized carbons (Fsp3) is 0.200. The van der Waals surface area contributed by atoms with Gasteiger partial charge in [0.15, 0.2) is 0 Å². The van der Waals surface area contributed by atoms with Crippen molar-refractivity contribution in [1.82, 2.24) is 4.90 Å². The quantitative estimate of drug-likeness (QED) is 0.622. The molecule has 1 aliphatic heterocycles. The van der Waals surface area contributed by atoms with Crippen molar-refractivity contribution in [3.05, 3.63) is 101 Å². The summed E-state index contributed by atoms with van der Waals surface area (Å²) in [7, 11) is 0. The second-order valence-electron chi connectivity index (χ2n) is 7.58. The lowest BCUT2D eigenvalue weighted by Gasteiger charge is -2.40. The van der Waals surface area contributed by atoms with Crippen molar-refractivity contribution in [3.8, 4) is 0 Å². The van der Waals surface area contributed by atoms with Crippen molar-refractivity contribution in [2.24, 2.45) is 0 Å². The van der Waals surface area contributed by atoms with E-state index in [1.54, 1.807) is 29.2 Å². The molecule has 32 heavy (non-hydrogen) atoms. The van der Waals surface area contributed by atoms with Gasteiger partial charge >= 0.3 is 0 Å². The van der Waals surface area contributed by atoms with Crippen LogP contribution in [-0.4, -0.2) is 41.1 Å². The van der Waals surface area contributed by atoms with E-state index in [9.17, 15) is 19.1 Å². The number of nitrogens with one attached hydrogen (secondary N) is 1. The molecular weight excluding hydrogens is 411 g/mol. The summed E-state index contributed by atoms with van der Waals surface area (Å²) in [6, 6.07) is 21.5. The molecule has 164 valence electrons. The van der Waals surface area contributed by atoms with E-state index in [2.05, 4.69) is 5.32 Å². The number of ether oxygens (including phenoxy) is 1. The first-order valence-electron chi connectivity index (χ1n) is 10.3. The minimum Gasteiger partial charge on any atom is -0.394 e. The zero-order valence-corrected chi connectivity index (χ0v) is 17.3. The van der Waals surface area contributed by atoms with Crippen LogP contribution in [0, 0.1) is 5.82 Å². The zero-order valence-electron chi connectivity index (χ0n) is 17.3. The molecule has 1 fully saturated rings. The lowest BCUT2D eigenvalue weighted by atomic mass is 9.98. The van der Waals surface area contributed by atoms with Crippen molar-refractivity contribution in [3.63, 3.8) is 0 Å². The van der Waals surface area contributed by atoms with Gasteiger partial charge < -0.3 is 20.1 Å². The van der Waals surface area contributed by atoms with Gasteiger partial charge in [0.25, 0.3) is 5.91 Å². The molecule has 2 amide bonds. The van der Waals surface area contributed by atoms with Crippen molar-refractivity contribution in [2.45, 2.75) is 18.7 Å². The number of anilines is 1. The molecule has 2 unspecified atom stereocenters. The van der Waals surface area contributed by atoms with Crippen LogP contribution < -0.4 is 5.32 Å². The third-order valence-corrected chi connectivity index (χ3v) is 5.42. The highest BCUT2D eigenvalue weighted by molar-refractivity contribution is 6.04. The van der Waals surface area contributed by atoms with Crippen molar-refractivity contribution in [1.29, 1.82) is 0 Å². The number of amides is 2. The fourth-order valence-corrected chi connectivity index (χ4v) is 3.79. The van der Waals surface area contributed by atoms with E-state index in [0.29, 0.717) is 12.2 Å². The van der Waals surface area contributed by atoms with Crippen LogP contribution in [0.3, 0.4) is 0 Å². The average Bonchev–Trinajstić information content (AvgIpc) is 2.81. The summed E-state index contributed by atoms with van der Waals surface area (Å²) < 4.78 is 19.1. The number of carbonyl (C=O) groups excluding carboxylic acids is 2. The molecule has 0 bridgehead atoms. The van der Waals surface area contributed by atoms with E-state index in [4.69, 9.17) is 4.74 Å². The van der Waals surface area contributed by atoms with Crippen LogP contribution in [0.15, 0.2) is 78.9 Å².